The fraction of sp³-hybridized carbons (Fsp3) is 0.346. The summed E-state index contributed by atoms with van der Waals surface area (Å²) < 4.78 is 21.1. The van der Waals surface area contributed by atoms with Gasteiger partial charge in [-0.2, -0.15) is 4.98 Å². The summed E-state index contributed by atoms with van der Waals surface area (Å²) in [5.74, 6) is 0.291. The number of anilines is 1. The molecule has 1 atom stereocenters. The second-order valence-corrected chi connectivity index (χ2v) is 10.1. The summed E-state index contributed by atoms with van der Waals surface area (Å²) in [6.45, 7) is 10.4. The Kier molecular flexibility index (Phi) is 6.79. The number of rotatable bonds is 6. The molecule has 1 unspecified atom stereocenters. The molecule has 0 aliphatic carbocycles. The lowest BCUT2D eigenvalue weighted by Crippen LogP contribution is -2.29. The zero-order valence-corrected chi connectivity index (χ0v) is 20.9. The van der Waals surface area contributed by atoms with Crippen LogP contribution in [-0.4, -0.2) is 27.3 Å². The number of thioether (sulfide) groups is 1. The Labute approximate surface area is 203 Å². The number of carbonyl (C=O) groups is 1. The van der Waals surface area contributed by atoms with Crippen LogP contribution in [0.25, 0.3) is 0 Å². The van der Waals surface area contributed by atoms with E-state index in [1.807, 2.05) is 25.1 Å². The molecule has 4 rings (SSSR count). The number of hydrogen-bond donors (Lipinski definition) is 1. The minimum absolute atomic E-state index is 0.0112. The topological polar surface area (TPSA) is 69.0 Å². The van der Waals surface area contributed by atoms with E-state index < -0.39 is 6.04 Å². The second-order valence-electron chi connectivity index (χ2n) is 9.20. The first-order valence-electron chi connectivity index (χ1n) is 11.3. The zero-order chi connectivity index (χ0) is 24.5. The van der Waals surface area contributed by atoms with Gasteiger partial charge in [-0.25, -0.2) is 13.9 Å². The molecule has 1 aromatic heterocycles. The van der Waals surface area contributed by atoms with Gasteiger partial charge >= 0.3 is 5.97 Å². The van der Waals surface area contributed by atoms with Crippen molar-refractivity contribution in [3.63, 3.8) is 0 Å². The molecule has 8 heteroatoms. The van der Waals surface area contributed by atoms with E-state index in [1.165, 1.54) is 23.4 Å². The van der Waals surface area contributed by atoms with Crippen molar-refractivity contribution in [3.8, 4) is 0 Å². The van der Waals surface area contributed by atoms with E-state index in [-0.39, 0.29) is 23.8 Å². The largest absolute Gasteiger partial charge is 0.463 e. The van der Waals surface area contributed by atoms with Crippen molar-refractivity contribution >= 4 is 23.7 Å². The summed E-state index contributed by atoms with van der Waals surface area (Å²) in [4.78, 5) is 17.6. The van der Waals surface area contributed by atoms with E-state index >= 15 is 0 Å². The molecule has 0 bridgehead atoms. The van der Waals surface area contributed by atoms with E-state index in [0.717, 1.165) is 5.56 Å². The van der Waals surface area contributed by atoms with Crippen LogP contribution in [0.1, 0.15) is 57.4 Å². The summed E-state index contributed by atoms with van der Waals surface area (Å²) in [5.41, 5.74) is 3.88. The summed E-state index contributed by atoms with van der Waals surface area (Å²) in [6.07, 6.45) is 0. The third-order valence-corrected chi connectivity index (χ3v) is 6.62. The minimum atomic E-state index is -0.486. The molecule has 0 spiro atoms. The van der Waals surface area contributed by atoms with Crippen LogP contribution in [0.2, 0.25) is 0 Å². The van der Waals surface area contributed by atoms with Gasteiger partial charge in [0.05, 0.1) is 12.2 Å². The Bertz CT molecular complexity index is 1230. The third kappa shape index (κ3) is 4.87. The Morgan fingerprint density at radius 2 is 1.88 bits per heavy atom. The molecule has 0 fully saturated rings. The molecule has 0 saturated carbocycles. The number of ether oxygens (including phenoxy) is 1. The van der Waals surface area contributed by atoms with E-state index in [2.05, 4.69) is 43.2 Å². The van der Waals surface area contributed by atoms with Gasteiger partial charge in [-0.1, -0.05) is 75.0 Å². The van der Waals surface area contributed by atoms with Gasteiger partial charge in [0, 0.05) is 11.4 Å². The van der Waals surface area contributed by atoms with Crippen LogP contribution < -0.4 is 5.32 Å². The minimum Gasteiger partial charge on any atom is -0.463 e. The Morgan fingerprint density at radius 1 is 1.18 bits per heavy atom. The van der Waals surface area contributed by atoms with Crippen molar-refractivity contribution in [2.75, 3.05) is 11.9 Å². The van der Waals surface area contributed by atoms with Crippen LogP contribution in [0.5, 0.6) is 0 Å². The number of carbonyl (C=O) groups excluding carboxylic acids is 1. The molecule has 2 heterocycles. The maximum Gasteiger partial charge on any atom is 0.338 e. The zero-order valence-electron chi connectivity index (χ0n) is 20.1. The molecular formula is C26H29FN4O2S. The predicted molar refractivity (Wildman–Crippen MR) is 132 cm³/mol. The number of esters is 1. The number of benzene rings is 2. The van der Waals surface area contributed by atoms with Crippen molar-refractivity contribution in [1.29, 1.82) is 0 Å². The fourth-order valence-electron chi connectivity index (χ4n) is 3.90. The first-order valence-corrected chi connectivity index (χ1v) is 12.3. The second kappa shape index (κ2) is 9.62. The molecule has 6 nitrogen and oxygen atoms in total. The number of nitrogens with zero attached hydrogens (tertiary/aromatic N) is 3. The Hall–Kier alpha value is -3.13. The maximum absolute atomic E-state index is 14.1. The molecule has 1 N–H and O–H groups in total. The number of halogens is 1. The van der Waals surface area contributed by atoms with Gasteiger partial charge in [0.15, 0.2) is 0 Å². The van der Waals surface area contributed by atoms with Gasteiger partial charge in [0.1, 0.15) is 11.9 Å². The molecule has 1 aliphatic rings. The standard InChI is InChI=1S/C26H29FN4O2S/c1-6-33-23(32)21-16(2)28-24-29-25(34-15-18-9-7-8-10-20(18)27)30-31(24)22(21)17-11-13-19(14-12-17)26(3,4)5/h7-14,22H,6,15H2,1-5H3,(H,28,29,30). The van der Waals surface area contributed by atoms with E-state index in [9.17, 15) is 9.18 Å². The number of aromatic nitrogens is 3. The monoisotopic (exact) mass is 480 g/mol. The van der Waals surface area contributed by atoms with Crippen LogP contribution in [0.4, 0.5) is 10.3 Å². The Morgan fingerprint density at radius 3 is 2.53 bits per heavy atom. The highest BCUT2D eigenvalue weighted by molar-refractivity contribution is 7.98. The molecule has 2 aromatic carbocycles. The quantitative estimate of drug-likeness (QED) is 0.352. The SMILES string of the molecule is CCOC(=O)C1=C(C)Nc2nc(SCc3ccccc3F)nn2C1c1ccc(C(C)(C)C)cc1. The normalized spacial score (nSPS) is 15.6. The van der Waals surface area contributed by atoms with Crippen LogP contribution in [0.3, 0.4) is 0 Å². The summed E-state index contributed by atoms with van der Waals surface area (Å²) in [6, 6.07) is 14.4. The molecule has 178 valence electrons. The van der Waals surface area contributed by atoms with Crippen molar-refractivity contribution in [2.24, 2.45) is 0 Å². The summed E-state index contributed by atoms with van der Waals surface area (Å²) >= 11 is 1.35. The molecular weight excluding hydrogens is 451 g/mol. The van der Waals surface area contributed by atoms with Crippen LogP contribution in [0.15, 0.2) is 65.0 Å². The van der Waals surface area contributed by atoms with Crippen molar-refractivity contribution in [1.82, 2.24) is 14.8 Å². The van der Waals surface area contributed by atoms with Gasteiger partial charge in [0.25, 0.3) is 0 Å². The highest BCUT2D eigenvalue weighted by Crippen LogP contribution is 2.37. The molecule has 0 saturated heterocycles. The van der Waals surface area contributed by atoms with Crippen LogP contribution >= 0.6 is 11.8 Å². The van der Waals surface area contributed by atoms with Crippen molar-refractivity contribution in [3.05, 3.63) is 82.3 Å². The predicted octanol–water partition coefficient (Wildman–Crippen LogP) is 5.86. The van der Waals surface area contributed by atoms with Crippen molar-refractivity contribution in [2.45, 2.75) is 57.0 Å². The smallest absolute Gasteiger partial charge is 0.338 e. The van der Waals surface area contributed by atoms with Gasteiger partial charge in [-0.05, 0) is 42.0 Å². The van der Waals surface area contributed by atoms with E-state index in [0.29, 0.717) is 33.7 Å². The molecule has 0 radical (unpaired) electrons. The maximum atomic E-state index is 14.1. The van der Waals surface area contributed by atoms with Gasteiger partial charge in [0.2, 0.25) is 11.1 Å². The molecule has 34 heavy (non-hydrogen) atoms. The molecule has 1 aliphatic heterocycles. The summed E-state index contributed by atoms with van der Waals surface area (Å²) in [7, 11) is 0. The number of allylic oxidation sites excluding steroid dienone is 1. The number of hydrogen-bond acceptors (Lipinski definition) is 6. The molecule has 3 aromatic rings. The first-order chi connectivity index (χ1) is 16.2. The lowest BCUT2D eigenvalue weighted by atomic mass is 9.85. The molecule has 0 amide bonds. The van der Waals surface area contributed by atoms with Gasteiger partial charge < -0.3 is 10.1 Å². The van der Waals surface area contributed by atoms with Gasteiger partial charge in [-0.15, -0.1) is 5.10 Å². The van der Waals surface area contributed by atoms with Crippen LogP contribution in [-0.2, 0) is 20.7 Å². The third-order valence-electron chi connectivity index (χ3n) is 5.74. The van der Waals surface area contributed by atoms with Crippen LogP contribution in [0, 0.1) is 5.82 Å². The van der Waals surface area contributed by atoms with Crippen molar-refractivity contribution < 1.29 is 13.9 Å². The van der Waals surface area contributed by atoms with Gasteiger partial charge in [-0.3, -0.25) is 0 Å². The van der Waals surface area contributed by atoms with E-state index in [4.69, 9.17) is 9.84 Å². The average molecular weight is 481 g/mol. The number of nitrogens with one attached hydrogen (secondary N) is 1. The average Bonchev–Trinajstić information content (AvgIpc) is 3.19. The highest BCUT2D eigenvalue weighted by Gasteiger charge is 2.35. The highest BCUT2D eigenvalue weighted by atomic mass is 32.2. The lowest BCUT2D eigenvalue weighted by Gasteiger charge is -2.28. The fourth-order valence-corrected chi connectivity index (χ4v) is 4.71. The summed E-state index contributed by atoms with van der Waals surface area (Å²) in [5, 5.41) is 8.39. The lowest BCUT2D eigenvalue weighted by molar-refractivity contribution is -0.139. The van der Waals surface area contributed by atoms with E-state index in [1.54, 1.807) is 23.7 Å². The Balaban J connectivity index is 1.71. The first kappa shape index (κ1) is 24.0. The number of fused-ring (bicyclic) bond motifs is 1.